The van der Waals surface area contributed by atoms with Gasteiger partial charge in [0.15, 0.2) is 5.96 Å². The molecule has 2 aromatic rings. The van der Waals surface area contributed by atoms with Crippen LogP contribution in [-0.4, -0.2) is 31.2 Å². The maximum absolute atomic E-state index is 10.4. The van der Waals surface area contributed by atoms with Gasteiger partial charge in [0, 0.05) is 29.7 Å². The minimum Gasteiger partial charge on any atom is -0.386 e. The van der Waals surface area contributed by atoms with E-state index in [0.717, 1.165) is 23.3 Å². The van der Waals surface area contributed by atoms with Crippen molar-refractivity contribution in [2.45, 2.75) is 31.8 Å². The zero-order valence-corrected chi connectivity index (χ0v) is 17.1. The molecule has 0 bridgehead atoms. The Labute approximate surface area is 164 Å². The van der Waals surface area contributed by atoms with Gasteiger partial charge in [0.05, 0.1) is 0 Å². The van der Waals surface area contributed by atoms with Crippen molar-refractivity contribution in [2.24, 2.45) is 10.9 Å². The zero-order chi connectivity index (χ0) is 16.1. The van der Waals surface area contributed by atoms with E-state index in [2.05, 4.69) is 33.8 Å². The molecule has 4 nitrogen and oxygen atoms in total. The van der Waals surface area contributed by atoms with Crippen LogP contribution >= 0.6 is 35.3 Å². The average molecular weight is 459 g/mol. The van der Waals surface area contributed by atoms with Gasteiger partial charge in [-0.3, -0.25) is 4.99 Å². The number of thiophene rings is 1. The van der Waals surface area contributed by atoms with Crippen LogP contribution in [0.1, 0.15) is 36.7 Å². The van der Waals surface area contributed by atoms with Gasteiger partial charge in [-0.05, 0) is 36.3 Å². The van der Waals surface area contributed by atoms with Crippen LogP contribution in [0.15, 0.2) is 35.3 Å². The van der Waals surface area contributed by atoms with Crippen molar-refractivity contribution in [3.05, 3.63) is 35.2 Å². The van der Waals surface area contributed by atoms with E-state index in [1.165, 1.54) is 35.8 Å². The molecule has 0 spiro atoms. The fraction of sp³-hybridized carbons (Fsp3) is 0.500. The molecule has 3 rings (SSSR count). The van der Waals surface area contributed by atoms with Crippen molar-refractivity contribution >= 4 is 51.4 Å². The van der Waals surface area contributed by atoms with Gasteiger partial charge in [0.25, 0.3) is 0 Å². The summed E-state index contributed by atoms with van der Waals surface area (Å²) in [6.07, 6.45) is 4.80. The van der Waals surface area contributed by atoms with E-state index >= 15 is 0 Å². The summed E-state index contributed by atoms with van der Waals surface area (Å²) in [5.41, 5.74) is 0. The molecule has 1 aliphatic rings. The molecule has 132 valence electrons. The van der Waals surface area contributed by atoms with Crippen LogP contribution < -0.4 is 10.6 Å². The Hall–Kier alpha value is -0.860. The number of guanidine groups is 1. The highest BCUT2D eigenvalue weighted by Crippen LogP contribution is 2.33. The van der Waals surface area contributed by atoms with Crippen LogP contribution in [-0.2, 0) is 0 Å². The lowest BCUT2D eigenvalue weighted by Crippen LogP contribution is -2.39. The Morgan fingerprint density at radius 1 is 1.33 bits per heavy atom. The first kappa shape index (κ1) is 19.5. The van der Waals surface area contributed by atoms with Crippen molar-refractivity contribution in [2.75, 3.05) is 20.1 Å². The molecule has 6 heteroatoms. The van der Waals surface area contributed by atoms with Gasteiger partial charge in [0.2, 0.25) is 0 Å². The maximum Gasteiger partial charge on any atom is 0.191 e. The largest absolute Gasteiger partial charge is 0.386 e. The first-order valence-electron chi connectivity index (χ1n) is 8.37. The number of aliphatic hydroxyl groups excluding tert-OH is 1. The van der Waals surface area contributed by atoms with Crippen LogP contribution in [0.4, 0.5) is 0 Å². The van der Waals surface area contributed by atoms with Crippen molar-refractivity contribution in [1.29, 1.82) is 0 Å². The Balaban J connectivity index is 0.00000208. The van der Waals surface area contributed by atoms with Crippen molar-refractivity contribution in [3.8, 4) is 0 Å². The summed E-state index contributed by atoms with van der Waals surface area (Å²) >= 11 is 1.65. The third-order valence-electron chi connectivity index (χ3n) is 4.24. The van der Waals surface area contributed by atoms with Crippen molar-refractivity contribution < 1.29 is 5.11 Å². The molecule has 1 saturated carbocycles. The van der Waals surface area contributed by atoms with E-state index in [1.54, 1.807) is 18.4 Å². The van der Waals surface area contributed by atoms with Crippen molar-refractivity contribution in [3.63, 3.8) is 0 Å². The molecular weight excluding hydrogens is 433 g/mol. The topological polar surface area (TPSA) is 56.7 Å². The van der Waals surface area contributed by atoms with Crippen LogP contribution in [0.5, 0.6) is 0 Å². The Morgan fingerprint density at radius 2 is 2.12 bits per heavy atom. The number of rotatable bonds is 7. The first-order chi connectivity index (χ1) is 11.3. The van der Waals surface area contributed by atoms with E-state index in [4.69, 9.17) is 0 Å². The predicted molar refractivity (Wildman–Crippen MR) is 114 cm³/mol. The second-order valence-corrected chi connectivity index (χ2v) is 7.28. The summed E-state index contributed by atoms with van der Waals surface area (Å²) in [6, 6.07) is 10.3. The molecule has 1 fully saturated rings. The fourth-order valence-electron chi connectivity index (χ4n) is 2.69. The number of hydrogen-bond donors (Lipinski definition) is 3. The molecular formula is C18H26IN3OS. The van der Waals surface area contributed by atoms with Gasteiger partial charge in [-0.1, -0.05) is 31.0 Å². The number of benzene rings is 1. The van der Waals surface area contributed by atoms with Gasteiger partial charge in [-0.15, -0.1) is 35.3 Å². The highest BCUT2D eigenvalue weighted by Gasteiger charge is 2.20. The summed E-state index contributed by atoms with van der Waals surface area (Å²) in [4.78, 5) is 5.20. The standard InChI is InChI=1S/C18H25N3OS.HI/c1-19-18(20-10-4-5-13-8-9-13)21-12-15(22)17-11-14-6-2-3-7-16(14)23-17;/h2-3,6-7,11,13,15,22H,4-5,8-10,12H2,1H3,(H2,19,20,21);1H. The molecule has 0 aliphatic heterocycles. The highest BCUT2D eigenvalue weighted by molar-refractivity contribution is 14.0. The quantitative estimate of drug-likeness (QED) is 0.255. The predicted octanol–water partition coefficient (Wildman–Crippen LogP) is 3.91. The first-order valence-corrected chi connectivity index (χ1v) is 9.19. The molecule has 1 aromatic heterocycles. The van der Waals surface area contributed by atoms with Gasteiger partial charge in [-0.2, -0.15) is 0 Å². The minimum absolute atomic E-state index is 0. The van der Waals surface area contributed by atoms with E-state index in [-0.39, 0.29) is 24.0 Å². The monoisotopic (exact) mass is 459 g/mol. The minimum atomic E-state index is -0.516. The van der Waals surface area contributed by atoms with Crippen LogP contribution in [0, 0.1) is 5.92 Å². The highest BCUT2D eigenvalue weighted by atomic mass is 127. The molecule has 0 amide bonds. The SMILES string of the molecule is CN=C(NCCCC1CC1)NCC(O)c1cc2ccccc2s1.I. The van der Waals surface area contributed by atoms with Gasteiger partial charge >= 0.3 is 0 Å². The second-order valence-electron chi connectivity index (χ2n) is 6.17. The third kappa shape index (κ3) is 5.60. The summed E-state index contributed by atoms with van der Waals surface area (Å²) in [5, 5.41) is 18.1. The summed E-state index contributed by atoms with van der Waals surface area (Å²) in [6.45, 7) is 1.41. The molecule has 0 saturated heterocycles. The smallest absolute Gasteiger partial charge is 0.191 e. The number of hydrogen-bond acceptors (Lipinski definition) is 3. The second kappa shape index (κ2) is 9.58. The van der Waals surface area contributed by atoms with Gasteiger partial charge in [0.1, 0.15) is 6.10 Å². The molecule has 0 radical (unpaired) electrons. The third-order valence-corrected chi connectivity index (χ3v) is 5.46. The molecule has 1 unspecified atom stereocenters. The van der Waals surface area contributed by atoms with Gasteiger partial charge < -0.3 is 15.7 Å². The number of fused-ring (bicyclic) bond motifs is 1. The van der Waals surface area contributed by atoms with Crippen LogP contribution in [0.2, 0.25) is 0 Å². The number of nitrogens with zero attached hydrogens (tertiary/aromatic N) is 1. The lowest BCUT2D eigenvalue weighted by atomic mass is 10.2. The molecule has 1 aliphatic carbocycles. The molecule has 1 aromatic carbocycles. The van der Waals surface area contributed by atoms with Crippen LogP contribution in [0.25, 0.3) is 10.1 Å². The normalized spacial score (nSPS) is 15.8. The lowest BCUT2D eigenvalue weighted by Gasteiger charge is -2.14. The van der Waals surface area contributed by atoms with E-state index < -0.39 is 6.10 Å². The summed E-state index contributed by atoms with van der Waals surface area (Å²) in [7, 11) is 1.77. The van der Waals surface area contributed by atoms with Crippen LogP contribution in [0.3, 0.4) is 0 Å². The number of aliphatic imine (C=N–C) groups is 1. The lowest BCUT2D eigenvalue weighted by molar-refractivity contribution is 0.184. The summed E-state index contributed by atoms with van der Waals surface area (Å²) < 4.78 is 1.21. The number of aliphatic hydroxyl groups is 1. The average Bonchev–Trinajstić information content (AvgIpc) is 3.29. The molecule has 24 heavy (non-hydrogen) atoms. The summed E-state index contributed by atoms with van der Waals surface area (Å²) in [5.74, 6) is 1.74. The Bertz CT molecular complexity index is 636. The number of nitrogens with one attached hydrogen (secondary N) is 2. The van der Waals surface area contributed by atoms with Crippen molar-refractivity contribution in [1.82, 2.24) is 10.6 Å². The molecule has 3 N–H and O–H groups in total. The van der Waals surface area contributed by atoms with Gasteiger partial charge in [-0.25, -0.2) is 0 Å². The molecule has 1 heterocycles. The Kier molecular flexibility index (Phi) is 7.77. The van der Waals surface area contributed by atoms with E-state index in [1.807, 2.05) is 12.1 Å². The van der Waals surface area contributed by atoms with E-state index in [0.29, 0.717) is 6.54 Å². The number of halogens is 1. The Morgan fingerprint density at radius 3 is 2.83 bits per heavy atom. The zero-order valence-electron chi connectivity index (χ0n) is 14.0. The van der Waals surface area contributed by atoms with E-state index in [9.17, 15) is 5.11 Å². The molecule has 1 atom stereocenters. The maximum atomic E-state index is 10.4. The fourth-order valence-corrected chi connectivity index (χ4v) is 3.74.